The summed E-state index contributed by atoms with van der Waals surface area (Å²) >= 11 is 1.72. The number of hydrogen-bond donors (Lipinski definition) is 1. The smallest absolute Gasteiger partial charge is 0.224 e. The van der Waals surface area contributed by atoms with Gasteiger partial charge in [-0.2, -0.15) is 11.3 Å². The van der Waals surface area contributed by atoms with E-state index >= 15 is 0 Å². The fourth-order valence-electron chi connectivity index (χ4n) is 3.23. The lowest BCUT2D eigenvalue weighted by Gasteiger charge is -2.37. The van der Waals surface area contributed by atoms with E-state index in [0.717, 1.165) is 31.6 Å². The van der Waals surface area contributed by atoms with Gasteiger partial charge in [0.2, 0.25) is 5.91 Å². The van der Waals surface area contributed by atoms with Gasteiger partial charge in [-0.05, 0) is 47.7 Å². The van der Waals surface area contributed by atoms with Gasteiger partial charge in [-0.15, -0.1) is 0 Å². The lowest BCUT2D eigenvalue weighted by atomic mass is 9.75. The van der Waals surface area contributed by atoms with Crippen molar-refractivity contribution in [2.45, 2.75) is 31.6 Å². The zero-order chi connectivity index (χ0) is 16.1. The largest absolute Gasteiger partial charge is 0.381 e. The van der Waals surface area contributed by atoms with Gasteiger partial charge in [0, 0.05) is 25.2 Å². The number of nitrogens with one attached hydrogen (secondary N) is 1. The van der Waals surface area contributed by atoms with Crippen LogP contribution in [0.3, 0.4) is 0 Å². The molecule has 0 unspecified atom stereocenters. The summed E-state index contributed by atoms with van der Waals surface area (Å²) in [6, 6.07) is 10.3. The zero-order valence-corrected chi connectivity index (χ0v) is 14.3. The van der Waals surface area contributed by atoms with Crippen LogP contribution in [-0.2, 0) is 21.4 Å². The second kappa shape index (κ2) is 7.28. The summed E-state index contributed by atoms with van der Waals surface area (Å²) in [5.74, 6) is 0.0942. The first-order valence-corrected chi connectivity index (χ1v) is 9.05. The van der Waals surface area contributed by atoms with Crippen molar-refractivity contribution in [1.82, 2.24) is 5.32 Å². The molecule has 0 bridgehead atoms. The lowest BCUT2D eigenvalue weighted by Crippen LogP contribution is -2.44. The number of amides is 1. The Balaban J connectivity index is 1.64. The van der Waals surface area contributed by atoms with E-state index in [2.05, 4.69) is 41.2 Å². The average molecular weight is 329 g/mol. The third-order valence-electron chi connectivity index (χ3n) is 4.65. The second-order valence-corrected chi connectivity index (χ2v) is 7.13. The van der Waals surface area contributed by atoms with Crippen LogP contribution >= 0.6 is 11.3 Å². The minimum absolute atomic E-state index is 0.0283. The predicted octanol–water partition coefficient (Wildman–Crippen LogP) is 3.46. The molecule has 1 aromatic carbocycles. The molecule has 1 fully saturated rings. The highest BCUT2D eigenvalue weighted by Gasteiger charge is 2.35. The van der Waals surface area contributed by atoms with E-state index in [0.29, 0.717) is 13.0 Å². The molecule has 0 saturated carbocycles. The maximum Gasteiger partial charge on any atom is 0.224 e. The molecule has 1 amide bonds. The first-order chi connectivity index (χ1) is 11.2. The molecular formula is C19H23NO2S. The fraction of sp³-hybridized carbons (Fsp3) is 0.421. The maximum atomic E-state index is 12.3. The number of benzene rings is 1. The van der Waals surface area contributed by atoms with Gasteiger partial charge in [0.15, 0.2) is 0 Å². The SMILES string of the molecule is Cc1cccc(CC(=O)NCC2(c3ccsc3)CCOCC2)c1. The Bertz CT molecular complexity index is 645. The molecule has 1 aromatic heterocycles. The van der Waals surface area contributed by atoms with Gasteiger partial charge < -0.3 is 10.1 Å². The molecule has 4 heteroatoms. The van der Waals surface area contributed by atoms with Crippen molar-refractivity contribution < 1.29 is 9.53 Å². The highest BCUT2D eigenvalue weighted by Crippen LogP contribution is 2.35. The van der Waals surface area contributed by atoms with Crippen molar-refractivity contribution in [3.8, 4) is 0 Å². The van der Waals surface area contributed by atoms with Crippen LogP contribution in [-0.4, -0.2) is 25.7 Å². The zero-order valence-electron chi connectivity index (χ0n) is 13.5. The van der Waals surface area contributed by atoms with E-state index in [-0.39, 0.29) is 11.3 Å². The summed E-state index contributed by atoms with van der Waals surface area (Å²) in [5, 5.41) is 7.48. The molecule has 0 spiro atoms. The minimum atomic E-state index is 0.0283. The Morgan fingerprint density at radius 3 is 2.83 bits per heavy atom. The van der Waals surface area contributed by atoms with Gasteiger partial charge in [0.1, 0.15) is 0 Å². The number of aryl methyl sites for hydroxylation is 1. The predicted molar refractivity (Wildman–Crippen MR) is 93.9 cm³/mol. The molecule has 3 nitrogen and oxygen atoms in total. The van der Waals surface area contributed by atoms with Crippen LogP contribution in [0.1, 0.15) is 29.5 Å². The molecule has 23 heavy (non-hydrogen) atoms. The number of hydrogen-bond acceptors (Lipinski definition) is 3. The van der Waals surface area contributed by atoms with Gasteiger partial charge in [0.05, 0.1) is 6.42 Å². The molecule has 1 saturated heterocycles. The van der Waals surface area contributed by atoms with E-state index in [1.165, 1.54) is 11.1 Å². The van der Waals surface area contributed by atoms with Crippen molar-refractivity contribution in [3.63, 3.8) is 0 Å². The molecular weight excluding hydrogens is 306 g/mol. The molecule has 1 aliphatic heterocycles. The Labute approximate surface area is 141 Å². The average Bonchev–Trinajstić information content (AvgIpc) is 3.09. The lowest BCUT2D eigenvalue weighted by molar-refractivity contribution is -0.120. The van der Waals surface area contributed by atoms with E-state index in [4.69, 9.17) is 4.74 Å². The summed E-state index contributed by atoms with van der Waals surface area (Å²) in [6.45, 7) is 4.28. The molecule has 122 valence electrons. The Kier molecular flexibility index (Phi) is 5.13. The number of carbonyl (C=O) groups excluding carboxylic acids is 1. The first-order valence-electron chi connectivity index (χ1n) is 8.11. The summed E-state index contributed by atoms with van der Waals surface area (Å²) < 4.78 is 5.53. The van der Waals surface area contributed by atoms with E-state index in [9.17, 15) is 4.79 Å². The van der Waals surface area contributed by atoms with Gasteiger partial charge in [-0.3, -0.25) is 4.79 Å². The summed E-state index contributed by atoms with van der Waals surface area (Å²) in [4.78, 5) is 12.3. The number of ether oxygens (including phenoxy) is 1. The highest BCUT2D eigenvalue weighted by atomic mass is 32.1. The number of rotatable bonds is 5. The van der Waals surface area contributed by atoms with Gasteiger partial charge in [-0.25, -0.2) is 0 Å². The van der Waals surface area contributed by atoms with Gasteiger partial charge >= 0.3 is 0 Å². The summed E-state index contributed by atoms with van der Waals surface area (Å²) in [5.41, 5.74) is 3.62. The maximum absolute atomic E-state index is 12.3. The number of thiophene rings is 1. The first kappa shape index (κ1) is 16.2. The van der Waals surface area contributed by atoms with Crippen molar-refractivity contribution in [2.75, 3.05) is 19.8 Å². The Hall–Kier alpha value is -1.65. The van der Waals surface area contributed by atoms with Crippen molar-refractivity contribution in [2.24, 2.45) is 0 Å². The van der Waals surface area contributed by atoms with E-state index in [1.807, 2.05) is 12.1 Å². The summed E-state index contributed by atoms with van der Waals surface area (Å²) in [7, 11) is 0. The van der Waals surface area contributed by atoms with Gasteiger partial charge in [0.25, 0.3) is 0 Å². The molecule has 0 radical (unpaired) electrons. The molecule has 1 aliphatic rings. The van der Waals surface area contributed by atoms with E-state index in [1.54, 1.807) is 11.3 Å². The molecule has 3 rings (SSSR count). The normalized spacial score (nSPS) is 16.9. The molecule has 0 atom stereocenters. The molecule has 2 aromatic rings. The Morgan fingerprint density at radius 1 is 1.30 bits per heavy atom. The van der Waals surface area contributed by atoms with Crippen LogP contribution in [0.15, 0.2) is 41.1 Å². The van der Waals surface area contributed by atoms with Crippen molar-refractivity contribution in [3.05, 3.63) is 57.8 Å². The number of carbonyl (C=O) groups is 1. The van der Waals surface area contributed by atoms with Crippen LogP contribution in [0, 0.1) is 6.92 Å². The molecule has 2 heterocycles. The van der Waals surface area contributed by atoms with Crippen LogP contribution in [0.25, 0.3) is 0 Å². The van der Waals surface area contributed by atoms with Crippen LogP contribution < -0.4 is 5.32 Å². The Morgan fingerprint density at radius 2 is 2.13 bits per heavy atom. The van der Waals surface area contributed by atoms with Crippen molar-refractivity contribution in [1.29, 1.82) is 0 Å². The standard InChI is InChI=1S/C19H23NO2S/c1-15-3-2-4-16(11-15)12-18(21)20-14-19(6-8-22-9-7-19)17-5-10-23-13-17/h2-5,10-11,13H,6-9,12,14H2,1H3,(H,20,21). The third kappa shape index (κ3) is 4.01. The topological polar surface area (TPSA) is 38.3 Å². The van der Waals surface area contributed by atoms with Crippen LogP contribution in [0.2, 0.25) is 0 Å². The molecule has 0 aliphatic carbocycles. The minimum Gasteiger partial charge on any atom is -0.381 e. The van der Waals surface area contributed by atoms with Crippen molar-refractivity contribution >= 4 is 17.2 Å². The fourth-order valence-corrected chi connectivity index (χ4v) is 4.01. The third-order valence-corrected chi connectivity index (χ3v) is 5.34. The van der Waals surface area contributed by atoms with E-state index < -0.39 is 0 Å². The molecule has 1 N–H and O–H groups in total. The highest BCUT2D eigenvalue weighted by molar-refractivity contribution is 7.08. The van der Waals surface area contributed by atoms with Crippen LogP contribution in [0.5, 0.6) is 0 Å². The van der Waals surface area contributed by atoms with Crippen LogP contribution in [0.4, 0.5) is 0 Å². The summed E-state index contributed by atoms with van der Waals surface area (Å²) in [6.07, 6.45) is 2.38. The van der Waals surface area contributed by atoms with Gasteiger partial charge in [-0.1, -0.05) is 29.8 Å². The monoisotopic (exact) mass is 329 g/mol. The second-order valence-electron chi connectivity index (χ2n) is 6.35. The quantitative estimate of drug-likeness (QED) is 0.912.